The Hall–Kier alpha value is 0.310. The Balaban J connectivity index is 2.63. The fraction of sp³-hybridized carbons (Fsp3) is 0.750. The lowest BCUT2D eigenvalue weighted by atomic mass is 10.5. The van der Waals surface area contributed by atoms with Crippen molar-refractivity contribution in [2.45, 2.75) is 6.92 Å². The van der Waals surface area contributed by atoms with Gasteiger partial charge in [0.2, 0.25) is 0 Å². The van der Waals surface area contributed by atoms with Crippen LogP contribution in [0.25, 0.3) is 0 Å². The molecule has 0 amide bonds. The number of thiol groups is 1. The first kappa shape index (κ1) is 6.31. The van der Waals surface area contributed by atoms with E-state index in [2.05, 4.69) is 17.9 Å². The largest absolute Gasteiger partial charge is 0.365 e. The minimum Gasteiger partial charge on any atom is -0.365 e. The summed E-state index contributed by atoms with van der Waals surface area (Å²) in [6.45, 7) is 2.88. The molecule has 0 saturated heterocycles. The second-order valence-corrected chi connectivity index (χ2v) is 2.03. The minimum atomic E-state index is 0.906. The van der Waals surface area contributed by atoms with E-state index in [9.17, 15) is 0 Å². The molecule has 0 atom stereocenters. The van der Waals surface area contributed by atoms with Crippen LogP contribution >= 0.6 is 12.6 Å². The average Bonchev–Trinajstić information content (AvgIpc) is 1.35. The molecular weight excluding hydrogens is 94.1 g/mol. The maximum Gasteiger partial charge on any atom is -0.0193 e. The third-order valence-corrected chi connectivity index (χ3v) is 0.591. The van der Waals surface area contributed by atoms with Crippen LogP contribution in [0.3, 0.4) is 0 Å². The van der Waals surface area contributed by atoms with E-state index < -0.39 is 0 Å². The lowest BCUT2D eigenvalue weighted by Crippen LogP contribution is -2.10. The third-order valence-electron chi connectivity index (χ3n) is 0.433. The first-order chi connectivity index (χ1) is 2.77. The van der Waals surface area contributed by atoms with Crippen LogP contribution in [0.15, 0.2) is 0 Å². The Morgan fingerprint density at radius 1 is 1.83 bits per heavy atom. The normalized spacial score (nSPS) is 10.0. The van der Waals surface area contributed by atoms with Gasteiger partial charge >= 0.3 is 0 Å². The standard InChI is InChI=1S/C4H10NS/c1-4(6)3-5-2/h5-6H,3H2,1-2H3/q-1. The van der Waals surface area contributed by atoms with Crippen molar-refractivity contribution in [2.24, 2.45) is 0 Å². The molecule has 0 radical (unpaired) electrons. The van der Waals surface area contributed by atoms with Gasteiger partial charge in [0.05, 0.1) is 0 Å². The first-order valence-electron chi connectivity index (χ1n) is 1.93. The van der Waals surface area contributed by atoms with E-state index >= 15 is 0 Å². The van der Waals surface area contributed by atoms with E-state index in [0.717, 1.165) is 11.8 Å². The Morgan fingerprint density at radius 2 is 2.33 bits per heavy atom. The number of hydrogen-bond acceptors (Lipinski definition) is 2. The molecule has 0 fully saturated rings. The second-order valence-electron chi connectivity index (χ2n) is 1.27. The Kier molecular flexibility index (Phi) is 3.68. The number of nitrogens with one attached hydrogen (secondary N) is 1. The summed E-state index contributed by atoms with van der Waals surface area (Å²) >= 11 is 4.03. The quantitative estimate of drug-likeness (QED) is 0.388. The summed E-state index contributed by atoms with van der Waals surface area (Å²) in [7, 11) is 1.90. The summed E-state index contributed by atoms with van der Waals surface area (Å²) in [5, 5.41) is 4.08. The zero-order chi connectivity index (χ0) is 4.99. The van der Waals surface area contributed by atoms with Crippen LogP contribution in [0.4, 0.5) is 0 Å². The zero-order valence-electron chi connectivity index (χ0n) is 4.15. The second kappa shape index (κ2) is 3.50. The third kappa shape index (κ3) is 4.31. The fourth-order valence-electron chi connectivity index (χ4n) is 0.256. The van der Waals surface area contributed by atoms with Gasteiger partial charge in [-0.3, -0.25) is 5.25 Å². The predicted octanol–water partition coefficient (Wildman–Crippen LogP) is 0.687. The molecule has 0 saturated carbocycles. The van der Waals surface area contributed by atoms with Crippen molar-refractivity contribution in [3.63, 3.8) is 0 Å². The molecule has 0 aromatic heterocycles. The monoisotopic (exact) mass is 104 g/mol. The molecule has 0 unspecified atom stereocenters. The van der Waals surface area contributed by atoms with Crippen molar-refractivity contribution in [3.8, 4) is 0 Å². The maximum absolute atomic E-state index is 4.03. The maximum atomic E-state index is 4.03. The van der Waals surface area contributed by atoms with Crippen LogP contribution in [0.5, 0.6) is 0 Å². The highest BCUT2D eigenvalue weighted by atomic mass is 32.1. The van der Waals surface area contributed by atoms with Crippen molar-refractivity contribution >= 4 is 12.6 Å². The van der Waals surface area contributed by atoms with Gasteiger partial charge in [-0.1, -0.05) is 0 Å². The van der Waals surface area contributed by atoms with Gasteiger partial charge in [0.1, 0.15) is 0 Å². The number of hydrogen-bond donors (Lipinski definition) is 2. The molecule has 0 aliphatic carbocycles. The molecule has 0 aromatic rings. The molecule has 0 rings (SSSR count). The molecule has 38 valence electrons. The zero-order valence-corrected chi connectivity index (χ0v) is 5.05. The van der Waals surface area contributed by atoms with E-state index in [4.69, 9.17) is 0 Å². The molecule has 0 aromatic carbocycles. The lowest BCUT2D eigenvalue weighted by Gasteiger charge is -2.13. The summed E-state index contributed by atoms with van der Waals surface area (Å²) in [5.74, 6) is 0. The molecule has 2 heteroatoms. The Bertz CT molecular complexity index is 28.7. The van der Waals surface area contributed by atoms with E-state index in [1.807, 2.05) is 14.0 Å². The van der Waals surface area contributed by atoms with Gasteiger partial charge in [0.25, 0.3) is 0 Å². The molecule has 0 heterocycles. The van der Waals surface area contributed by atoms with E-state index in [1.54, 1.807) is 0 Å². The van der Waals surface area contributed by atoms with Crippen LogP contribution in [0.1, 0.15) is 6.92 Å². The van der Waals surface area contributed by atoms with Crippen LogP contribution < -0.4 is 5.32 Å². The van der Waals surface area contributed by atoms with Gasteiger partial charge in [-0.15, -0.1) is 6.54 Å². The van der Waals surface area contributed by atoms with Crippen molar-refractivity contribution in [1.29, 1.82) is 0 Å². The predicted molar refractivity (Wildman–Crippen MR) is 31.8 cm³/mol. The SMILES string of the molecule is CNC[C-](C)S. The van der Waals surface area contributed by atoms with E-state index in [-0.39, 0.29) is 0 Å². The van der Waals surface area contributed by atoms with Crippen molar-refractivity contribution in [3.05, 3.63) is 5.25 Å². The number of rotatable bonds is 2. The van der Waals surface area contributed by atoms with Gasteiger partial charge < -0.3 is 17.9 Å². The molecule has 0 aliphatic heterocycles. The molecule has 0 bridgehead atoms. The first-order valence-corrected chi connectivity index (χ1v) is 2.38. The molecule has 6 heavy (non-hydrogen) atoms. The highest BCUT2D eigenvalue weighted by Crippen LogP contribution is 1.97. The van der Waals surface area contributed by atoms with Crippen LogP contribution in [0, 0.1) is 5.25 Å². The van der Waals surface area contributed by atoms with Gasteiger partial charge in [0, 0.05) is 0 Å². The summed E-state index contributed by atoms with van der Waals surface area (Å²) in [6.07, 6.45) is 0. The molecule has 0 spiro atoms. The molecule has 1 N–H and O–H groups in total. The van der Waals surface area contributed by atoms with E-state index in [1.165, 1.54) is 0 Å². The van der Waals surface area contributed by atoms with Crippen molar-refractivity contribution < 1.29 is 0 Å². The highest BCUT2D eigenvalue weighted by molar-refractivity contribution is 7.83. The Labute approximate surface area is 44.5 Å². The van der Waals surface area contributed by atoms with Gasteiger partial charge in [-0.2, -0.15) is 6.92 Å². The van der Waals surface area contributed by atoms with Crippen molar-refractivity contribution in [1.82, 2.24) is 5.32 Å². The van der Waals surface area contributed by atoms with Gasteiger partial charge in [0.15, 0.2) is 0 Å². The summed E-state index contributed by atoms with van der Waals surface area (Å²) in [6, 6.07) is 0. The fourth-order valence-corrected chi connectivity index (χ4v) is 0.414. The van der Waals surface area contributed by atoms with Crippen molar-refractivity contribution in [2.75, 3.05) is 13.6 Å². The van der Waals surface area contributed by atoms with Gasteiger partial charge in [-0.25, -0.2) is 0 Å². The smallest absolute Gasteiger partial charge is 0.0193 e. The molecule has 1 nitrogen and oxygen atoms in total. The topological polar surface area (TPSA) is 12.0 Å². The van der Waals surface area contributed by atoms with Crippen LogP contribution in [-0.2, 0) is 0 Å². The molecule has 0 aliphatic rings. The molecular formula is C4H10NS-. The average molecular weight is 104 g/mol. The Morgan fingerprint density at radius 3 is 2.33 bits per heavy atom. The van der Waals surface area contributed by atoms with Crippen LogP contribution in [0.2, 0.25) is 0 Å². The van der Waals surface area contributed by atoms with Crippen LogP contribution in [-0.4, -0.2) is 13.6 Å². The minimum absolute atomic E-state index is 0.906. The van der Waals surface area contributed by atoms with E-state index in [0.29, 0.717) is 0 Å². The highest BCUT2D eigenvalue weighted by Gasteiger charge is 1.68. The lowest BCUT2D eigenvalue weighted by molar-refractivity contribution is 0.862. The van der Waals surface area contributed by atoms with Gasteiger partial charge in [-0.05, 0) is 7.05 Å². The summed E-state index contributed by atoms with van der Waals surface area (Å²) < 4.78 is 0. The summed E-state index contributed by atoms with van der Waals surface area (Å²) in [4.78, 5) is 0. The summed E-state index contributed by atoms with van der Waals surface area (Å²) in [5.41, 5.74) is 0.